The zero-order chi connectivity index (χ0) is 28.8. The summed E-state index contributed by atoms with van der Waals surface area (Å²) in [5, 5.41) is 5.19. The zero-order valence-electron chi connectivity index (χ0n) is 23.1. The van der Waals surface area contributed by atoms with Gasteiger partial charge in [0.25, 0.3) is 0 Å². The summed E-state index contributed by atoms with van der Waals surface area (Å²) in [7, 11) is 3.19. The SMILES string of the molecule is CCOC(=O)C1=C(COCCN(C)C2=Nc3ccccc3CN2N)NC(C)=C(C(=O)OC)C1c1ccccc1Cl. The minimum atomic E-state index is -0.801. The van der Waals surface area contributed by atoms with Gasteiger partial charge in [-0.15, -0.1) is 0 Å². The van der Waals surface area contributed by atoms with Crippen LogP contribution in [0.1, 0.15) is 30.9 Å². The smallest absolute Gasteiger partial charge is 0.336 e. The van der Waals surface area contributed by atoms with E-state index in [0.717, 1.165) is 11.3 Å². The Labute approximate surface area is 239 Å². The number of dihydropyridines is 1. The fraction of sp³-hybridized carbons (Fsp3) is 0.345. The maximum absolute atomic E-state index is 13.3. The number of aliphatic imine (C=N–C) groups is 1. The van der Waals surface area contributed by atoms with Gasteiger partial charge in [0.15, 0.2) is 0 Å². The number of hydrazine groups is 1. The van der Waals surface area contributed by atoms with Crippen LogP contribution in [0.4, 0.5) is 5.69 Å². The van der Waals surface area contributed by atoms with Crippen LogP contribution in [0.15, 0.2) is 76.1 Å². The molecule has 0 spiro atoms. The molecule has 0 aliphatic carbocycles. The lowest BCUT2D eigenvalue weighted by molar-refractivity contribution is -0.139. The molecule has 3 N–H and O–H groups in total. The second-order valence-corrected chi connectivity index (χ2v) is 9.77. The molecule has 0 amide bonds. The number of carbonyl (C=O) groups is 2. The van der Waals surface area contributed by atoms with Gasteiger partial charge in [0.2, 0.25) is 5.96 Å². The summed E-state index contributed by atoms with van der Waals surface area (Å²) in [4.78, 5) is 32.8. The van der Waals surface area contributed by atoms with Crippen LogP contribution in [0.2, 0.25) is 5.02 Å². The second-order valence-electron chi connectivity index (χ2n) is 9.37. The van der Waals surface area contributed by atoms with Crippen molar-refractivity contribution in [3.8, 4) is 0 Å². The van der Waals surface area contributed by atoms with Crippen molar-refractivity contribution in [2.45, 2.75) is 26.3 Å². The molecule has 4 rings (SSSR count). The molecular weight excluding hydrogens is 534 g/mol. The van der Waals surface area contributed by atoms with Gasteiger partial charge in [-0.1, -0.05) is 48.0 Å². The van der Waals surface area contributed by atoms with Crippen molar-refractivity contribution in [3.63, 3.8) is 0 Å². The molecular formula is C29H34ClN5O5. The summed E-state index contributed by atoms with van der Waals surface area (Å²) in [6.07, 6.45) is 0. The van der Waals surface area contributed by atoms with Crippen LogP contribution in [-0.4, -0.2) is 68.3 Å². The summed E-state index contributed by atoms with van der Waals surface area (Å²) in [6, 6.07) is 14.9. The summed E-state index contributed by atoms with van der Waals surface area (Å²) < 4.78 is 16.5. The van der Waals surface area contributed by atoms with Gasteiger partial charge in [0.1, 0.15) is 0 Å². The lowest BCUT2D eigenvalue weighted by Crippen LogP contribution is -2.48. The number of para-hydroxylation sites is 1. The van der Waals surface area contributed by atoms with Crippen LogP contribution >= 0.6 is 11.6 Å². The summed E-state index contributed by atoms with van der Waals surface area (Å²) in [6.45, 7) is 5.06. The van der Waals surface area contributed by atoms with E-state index in [1.54, 1.807) is 43.1 Å². The van der Waals surface area contributed by atoms with E-state index < -0.39 is 17.9 Å². The van der Waals surface area contributed by atoms with Crippen molar-refractivity contribution in [1.82, 2.24) is 15.2 Å². The third-order valence-corrected chi connectivity index (χ3v) is 7.07. The highest BCUT2D eigenvalue weighted by Crippen LogP contribution is 2.41. The fourth-order valence-electron chi connectivity index (χ4n) is 4.82. The number of carbonyl (C=O) groups excluding carboxylic acids is 2. The molecule has 0 saturated carbocycles. The van der Waals surface area contributed by atoms with Gasteiger partial charge in [-0.3, -0.25) is 5.01 Å². The average Bonchev–Trinajstić information content (AvgIpc) is 2.94. The maximum atomic E-state index is 13.3. The molecule has 40 heavy (non-hydrogen) atoms. The van der Waals surface area contributed by atoms with Gasteiger partial charge in [0.05, 0.1) is 61.9 Å². The third-order valence-electron chi connectivity index (χ3n) is 6.73. The Balaban J connectivity index is 1.57. The predicted octanol–water partition coefficient (Wildman–Crippen LogP) is 3.62. The minimum Gasteiger partial charge on any atom is -0.466 e. The monoisotopic (exact) mass is 567 g/mol. The van der Waals surface area contributed by atoms with E-state index in [1.807, 2.05) is 36.2 Å². The molecule has 2 aromatic rings. The Bertz CT molecular complexity index is 1370. The number of rotatable bonds is 9. The number of nitrogens with two attached hydrogens (primary N) is 1. The van der Waals surface area contributed by atoms with Gasteiger partial charge in [-0.05, 0) is 37.1 Å². The van der Waals surface area contributed by atoms with Crippen LogP contribution in [-0.2, 0) is 30.3 Å². The normalized spacial score (nSPS) is 16.7. The number of esters is 2. The summed E-state index contributed by atoms with van der Waals surface area (Å²) in [5.41, 5.74) is 4.08. The Hall–Kier alpha value is -3.86. The minimum absolute atomic E-state index is 0.0659. The van der Waals surface area contributed by atoms with Crippen LogP contribution < -0.4 is 11.2 Å². The largest absolute Gasteiger partial charge is 0.466 e. The zero-order valence-corrected chi connectivity index (χ0v) is 23.8. The first kappa shape index (κ1) is 29.1. The molecule has 2 aliphatic rings. The molecule has 0 fully saturated rings. The standard InChI is InChI=1S/C29H34ClN5O5/c1-5-40-28(37)26-23(32-18(2)24(27(36)38-4)25(26)20-11-7-8-12-21(20)30)17-39-15-14-34(3)29-33-22-13-9-6-10-19(22)16-35(29)31/h6-13,25,32H,5,14-17,31H2,1-4H3. The number of halogens is 1. The van der Waals surface area contributed by atoms with Gasteiger partial charge in [-0.25, -0.2) is 20.4 Å². The Morgan fingerprint density at radius 2 is 1.88 bits per heavy atom. The van der Waals surface area contributed by atoms with Gasteiger partial charge in [-0.2, -0.15) is 0 Å². The van der Waals surface area contributed by atoms with Gasteiger partial charge in [0, 0.05) is 24.3 Å². The van der Waals surface area contributed by atoms with Crippen molar-refractivity contribution in [1.29, 1.82) is 0 Å². The third kappa shape index (κ3) is 6.14. The molecule has 0 aromatic heterocycles. The van der Waals surface area contributed by atoms with Gasteiger partial charge < -0.3 is 24.4 Å². The number of hydrogen-bond donors (Lipinski definition) is 2. The number of nitrogens with one attached hydrogen (secondary N) is 1. The molecule has 0 bridgehead atoms. The van der Waals surface area contributed by atoms with Crippen molar-refractivity contribution >= 4 is 35.2 Å². The molecule has 0 radical (unpaired) electrons. The van der Waals surface area contributed by atoms with Crippen molar-refractivity contribution in [2.24, 2.45) is 10.8 Å². The fourth-order valence-corrected chi connectivity index (χ4v) is 5.07. The van der Waals surface area contributed by atoms with Crippen LogP contribution in [0, 0.1) is 0 Å². The molecule has 11 heteroatoms. The van der Waals surface area contributed by atoms with E-state index >= 15 is 0 Å². The van der Waals surface area contributed by atoms with Crippen molar-refractivity contribution in [2.75, 3.05) is 40.5 Å². The molecule has 1 atom stereocenters. The Kier molecular flexibility index (Phi) is 9.46. The number of benzene rings is 2. The molecule has 2 heterocycles. The van der Waals surface area contributed by atoms with Crippen LogP contribution in [0.3, 0.4) is 0 Å². The average molecular weight is 568 g/mol. The number of likely N-dealkylation sites (N-methyl/N-ethyl adjacent to an activating group) is 1. The van der Waals surface area contributed by atoms with E-state index in [9.17, 15) is 9.59 Å². The highest BCUT2D eigenvalue weighted by Gasteiger charge is 2.39. The number of nitrogens with zero attached hydrogens (tertiary/aromatic N) is 3. The number of allylic oxidation sites excluding steroid dienone is 1. The highest BCUT2D eigenvalue weighted by molar-refractivity contribution is 6.31. The second kappa shape index (κ2) is 13.0. The van der Waals surface area contributed by atoms with E-state index in [2.05, 4.69) is 10.3 Å². The molecule has 1 unspecified atom stereocenters. The van der Waals surface area contributed by atoms with Crippen LogP contribution in [0.5, 0.6) is 0 Å². The van der Waals surface area contributed by atoms with E-state index in [1.165, 1.54) is 7.11 Å². The lowest BCUT2D eigenvalue weighted by Gasteiger charge is -2.33. The predicted molar refractivity (Wildman–Crippen MR) is 152 cm³/mol. The van der Waals surface area contributed by atoms with Crippen molar-refractivity contribution < 1.29 is 23.8 Å². The number of fused-ring (bicyclic) bond motifs is 1. The first-order valence-electron chi connectivity index (χ1n) is 12.9. The number of methoxy groups -OCH3 is 1. The number of ether oxygens (including phenoxy) is 3. The molecule has 2 aliphatic heterocycles. The Morgan fingerprint density at radius 1 is 1.15 bits per heavy atom. The Morgan fingerprint density at radius 3 is 2.60 bits per heavy atom. The summed E-state index contributed by atoms with van der Waals surface area (Å²) in [5.74, 6) is 4.93. The van der Waals surface area contributed by atoms with Gasteiger partial charge >= 0.3 is 11.9 Å². The lowest BCUT2D eigenvalue weighted by atomic mass is 9.80. The van der Waals surface area contributed by atoms with Crippen molar-refractivity contribution in [3.05, 3.63) is 87.2 Å². The molecule has 10 nitrogen and oxygen atoms in total. The quantitative estimate of drug-likeness (QED) is 0.266. The maximum Gasteiger partial charge on any atom is 0.336 e. The molecule has 0 saturated heterocycles. The first-order valence-corrected chi connectivity index (χ1v) is 13.3. The number of guanidine groups is 1. The molecule has 212 valence electrons. The highest BCUT2D eigenvalue weighted by atomic mass is 35.5. The van der Waals surface area contributed by atoms with E-state index in [-0.39, 0.29) is 24.4 Å². The van der Waals surface area contributed by atoms with E-state index in [4.69, 9.17) is 31.7 Å². The van der Waals surface area contributed by atoms with Crippen LogP contribution in [0.25, 0.3) is 0 Å². The topological polar surface area (TPSA) is 119 Å². The molecule has 2 aromatic carbocycles. The summed E-state index contributed by atoms with van der Waals surface area (Å²) >= 11 is 6.56. The van der Waals surface area contributed by atoms with E-state index in [0.29, 0.717) is 47.6 Å². The number of hydrogen-bond acceptors (Lipinski definition) is 10. The first-order chi connectivity index (χ1) is 19.3.